The smallest absolute Gasteiger partial charge is 0.170 e. The van der Waals surface area contributed by atoms with Gasteiger partial charge in [-0.2, -0.15) is 10.4 Å². The largest absolute Gasteiger partial charge is 0.276 e. The molecule has 0 spiro atoms. The van der Waals surface area contributed by atoms with E-state index in [4.69, 9.17) is 16.9 Å². The maximum absolute atomic E-state index is 9.02. The Morgan fingerprint density at radius 2 is 2.19 bits per heavy atom. The van der Waals surface area contributed by atoms with E-state index in [0.717, 1.165) is 27.1 Å². The lowest BCUT2D eigenvalue weighted by Gasteiger charge is -2.12. The molecule has 2 rings (SSSR count). The highest BCUT2D eigenvalue weighted by molar-refractivity contribution is 6.33. The number of aromatic amines is 1. The van der Waals surface area contributed by atoms with Gasteiger partial charge in [0.25, 0.3) is 0 Å². The van der Waals surface area contributed by atoms with E-state index in [9.17, 15) is 0 Å². The van der Waals surface area contributed by atoms with Crippen LogP contribution in [-0.4, -0.2) is 10.2 Å². The summed E-state index contributed by atoms with van der Waals surface area (Å²) in [7, 11) is 0. The van der Waals surface area contributed by atoms with Gasteiger partial charge in [-0.3, -0.25) is 5.10 Å². The lowest BCUT2D eigenvalue weighted by atomic mass is 9.95. The Hall–Kier alpha value is -1.53. The predicted octanol–water partition coefficient (Wildman–Crippen LogP) is 3.52. The number of benzene rings is 1. The molecule has 0 aliphatic rings. The number of aromatic nitrogens is 2. The SMILES string of the molecule is Cc1cc2[nH]nc(C#N)c2c(C(C)C)c1Cl. The van der Waals surface area contributed by atoms with Crippen LogP contribution in [0.1, 0.15) is 36.6 Å². The van der Waals surface area contributed by atoms with Gasteiger partial charge in [0.1, 0.15) is 6.07 Å². The van der Waals surface area contributed by atoms with Crippen LogP contribution in [0.25, 0.3) is 10.9 Å². The highest BCUT2D eigenvalue weighted by Gasteiger charge is 2.17. The summed E-state index contributed by atoms with van der Waals surface area (Å²) in [6, 6.07) is 4.02. The molecule has 0 unspecified atom stereocenters. The summed E-state index contributed by atoms with van der Waals surface area (Å²) in [5, 5.41) is 17.5. The van der Waals surface area contributed by atoms with E-state index < -0.39 is 0 Å². The number of nitriles is 1. The van der Waals surface area contributed by atoms with Crippen molar-refractivity contribution < 1.29 is 0 Å². The zero-order chi connectivity index (χ0) is 11.9. The summed E-state index contributed by atoms with van der Waals surface area (Å²) in [6.45, 7) is 6.09. The Bertz CT molecular complexity index is 590. The van der Waals surface area contributed by atoms with E-state index >= 15 is 0 Å². The van der Waals surface area contributed by atoms with Crippen molar-refractivity contribution in [2.45, 2.75) is 26.7 Å². The molecule has 82 valence electrons. The van der Waals surface area contributed by atoms with E-state index in [0.29, 0.717) is 5.69 Å². The topological polar surface area (TPSA) is 52.5 Å². The van der Waals surface area contributed by atoms with Crippen molar-refractivity contribution in [3.8, 4) is 6.07 Å². The standard InChI is InChI=1S/C12H12ClN3/c1-6(2)10-11-8(4-7(3)12(10)13)15-16-9(11)5-14/h4,6H,1-3H3,(H,15,16). The zero-order valence-electron chi connectivity index (χ0n) is 9.43. The molecule has 0 aliphatic heterocycles. The molecule has 0 aliphatic carbocycles. The normalized spacial score (nSPS) is 11.0. The first-order valence-corrected chi connectivity index (χ1v) is 5.51. The second kappa shape index (κ2) is 3.80. The van der Waals surface area contributed by atoms with Gasteiger partial charge in [-0.15, -0.1) is 0 Å². The minimum Gasteiger partial charge on any atom is -0.276 e. The van der Waals surface area contributed by atoms with Crippen molar-refractivity contribution in [1.82, 2.24) is 10.2 Å². The highest BCUT2D eigenvalue weighted by Crippen LogP contribution is 2.35. The summed E-state index contributed by atoms with van der Waals surface area (Å²) in [5.74, 6) is 0.264. The summed E-state index contributed by atoms with van der Waals surface area (Å²) >= 11 is 6.30. The Labute approximate surface area is 99.0 Å². The van der Waals surface area contributed by atoms with E-state index in [1.165, 1.54) is 0 Å². The highest BCUT2D eigenvalue weighted by atomic mass is 35.5. The third-order valence-corrected chi connectivity index (χ3v) is 3.19. The minimum atomic E-state index is 0.264. The maximum atomic E-state index is 9.02. The fourth-order valence-corrected chi connectivity index (χ4v) is 2.32. The first kappa shape index (κ1) is 11.0. The Balaban J connectivity index is 2.96. The molecule has 0 bridgehead atoms. The Morgan fingerprint density at radius 1 is 1.50 bits per heavy atom. The van der Waals surface area contributed by atoms with Crippen molar-refractivity contribution in [3.05, 3.63) is 27.9 Å². The molecule has 1 heterocycles. The van der Waals surface area contributed by atoms with Crippen LogP contribution >= 0.6 is 11.6 Å². The van der Waals surface area contributed by atoms with Crippen LogP contribution in [0.3, 0.4) is 0 Å². The molecule has 0 saturated heterocycles. The number of halogens is 1. The Kier molecular flexibility index (Phi) is 2.61. The number of nitrogens with zero attached hydrogens (tertiary/aromatic N) is 2. The van der Waals surface area contributed by atoms with E-state index in [-0.39, 0.29) is 5.92 Å². The lowest BCUT2D eigenvalue weighted by Crippen LogP contribution is -1.94. The molecule has 16 heavy (non-hydrogen) atoms. The van der Waals surface area contributed by atoms with Crippen LogP contribution in [0.5, 0.6) is 0 Å². The summed E-state index contributed by atoms with van der Waals surface area (Å²) in [5.41, 5.74) is 3.30. The van der Waals surface area contributed by atoms with Gasteiger partial charge in [-0.05, 0) is 30.0 Å². The second-order valence-corrected chi connectivity index (χ2v) is 4.56. The van der Waals surface area contributed by atoms with Gasteiger partial charge in [0.05, 0.1) is 5.52 Å². The molecular weight excluding hydrogens is 222 g/mol. The number of hydrogen-bond acceptors (Lipinski definition) is 2. The van der Waals surface area contributed by atoms with Gasteiger partial charge >= 0.3 is 0 Å². The molecule has 1 N–H and O–H groups in total. The van der Waals surface area contributed by atoms with Crippen LogP contribution < -0.4 is 0 Å². The third-order valence-electron chi connectivity index (χ3n) is 2.69. The number of nitrogens with one attached hydrogen (secondary N) is 1. The first-order valence-electron chi connectivity index (χ1n) is 5.13. The number of hydrogen-bond donors (Lipinski definition) is 1. The van der Waals surface area contributed by atoms with Crippen molar-refractivity contribution in [2.24, 2.45) is 0 Å². The maximum Gasteiger partial charge on any atom is 0.170 e. The number of aryl methyl sites for hydroxylation is 1. The van der Waals surface area contributed by atoms with Crippen LogP contribution in [0.15, 0.2) is 6.07 Å². The molecule has 4 heteroatoms. The predicted molar refractivity (Wildman–Crippen MR) is 64.6 cm³/mol. The fraction of sp³-hybridized carbons (Fsp3) is 0.333. The van der Waals surface area contributed by atoms with E-state index in [1.807, 2.05) is 13.0 Å². The molecule has 1 aromatic heterocycles. The van der Waals surface area contributed by atoms with Gasteiger partial charge < -0.3 is 0 Å². The quantitative estimate of drug-likeness (QED) is 0.819. The average Bonchev–Trinajstić information content (AvgIpc) is 2.61. The third kappa shape index (κ3) is 1.46. The summed E-state index contributed by atoms with van der Waals surface area (Å²) < 4.78 is 0. The van der Waals surface area contributed by atoms with Crippen molar-refractivity contribution in [3.63, 3.8) is 0 Å². The minimum absolute atomic E-state index is 0.264. The van der Waals surface area contributed by atoms with Crippen LogP contribution in [0.4, 0.5) is 0 Å². The first-order chi connectivity index (χ1) is 7.56. The lowest BCUT2D eigenvalue weighted by molar-refractivity contribution is 0.875. The molecule has 2 aromatic rings. The van der Waals surface area contributed by atoms with Gasteiger partial charge in [0, 0.05) is 10.4 Å². The molecule has 0 fully saturated rings. The molecule has 0 saturated carbocycles. The molecular formula is C12H12ClN3. The second-order valence-electron chi connectivity index (χ2n) is 4.18. The summed E-state index contributed by atoms with van der Waals surface area (Å²) in [6.07, 6.45) is 0. The van der Waals surface area contributed by atoms with Crippen molar-refractivity contribution in [2.75, 3.05) is 0 Å². The van der Waals surface area contributed by atoms with Gasteiger partial charge in [-0.1, -0.05) is 25.4 Å². The van der Waals surface area contributed by atoms with Crippen LogP contribution in [0, 0.1) is 18.3 Å². The van der Waals surface area contributed by atoms with Crippen LogP contribution in [0.2, 0.25) is 5.02 Å². The van der Waals surface area contributed by atoms with Crippen molar-refractivity contribution in [1.29, 1.82) is 5.26 Å². The Morgan fingerprint density at radius 3 is 2.75 bits per heavy atom. The zero-order valence-corrected chi connectivity index (χ0v) is 10.2. The molecule has 3 nitrogen and oxygen atoms in total. The van der Waals surface area contributed by atoms with Crippen LogP contribution in [-0.2, 0) is 0 Å². The molecule has 0 radical (unpaired) electrons. The average molecular weight is 234 g/mol. The number of H-pyrrole nitrogens is 1. The van der Waals surface area contributed by atoms with Gasteiger partial charge in [-0.25, -0.2) is 0 Å². The fourth-order valence-electron chi connectivity index (χ4n) is 1.96. The van der Waals surface area contributed by atoms with Crippen molar-refractivity contribution >= 4 is 22.5 Å². The summed E-state index contributed by atoms with van der Waals surface area (Å²) in [4.78, 5) is 0. The number of fused-ring (bicyclic) bond motifs is 1. The van der Waals surface area contributed by atoms with E-state index in [2.05, 4.69) is 30.1 Å². The van der Waals surface area contributed by atoms with Gasteiger partial charge in [0.2, 0.25) is 0 Å². The monoisotopic (exact) mass is 233 g/mol. The molecule has 0 amide bonds. The van der Waals surface area contributed by atoms with Gasteiger partial charge in [0.15, 0.2) is 5.69 Å². The molecule has 1 aromatic carbocycles. The number of rotatable bonds is 1. The molecule has 0 atom stereocenters. The van der Waals surface area contributed by atoms with E-state index in [1.54, 1.807) is 0 Å².